The monoisotopic (exact) mass is 595 g/mol. The fraction of sp³-hybridized carbons (Fsp3) is 0.103. The standard InChI is InChI=1S/C29H20F3N3O8/c1-2-42-24-15-18(9-11-23(24)43-25(36)12-10-17-5-3-8-21(13-17)35(40)41)14-22-26(37)33-28(39)34(27(22)38)20-7-4-6-19(16-20)29(30,31)32/h3-16H,2H2,1H3,(H,33,37,39)/b12-10+,22-14+. The van der Waals surface area contributed by atoms with Crippen LogP contribution in [0.15, 0.2) is 78.4 Å². The average molecular weight is 595 g/mol. The van der Waals surface area contributed by atoms with Crippen LogP contribution in [0.4, 0.5) is 29.3 Å². The van der Waals surface area contributed by atoms with Gasteiger partial charge in [0.15, 0.2) is 11.5 Å². The van der Waals surface area contributed by atoms with Crippen molar-refractivity contribution in [3.63, 3.8) is 0 Å². The van der Waals surface area contributed by atoms with Gasteiger partial charge >= 0.3 is 18.2 Å². The summed E-state index contributed by atoms with van der Waals surface area (Å²) in [4.78, 5) is 61.3. The highest BCUT2D eigenvalue weighted by atomic mass is 19.4. The molecule has 0 atom stereocenters. The molecule has 3 aromatic rings. The second-order valence-corrected chi connectivity index (χ2v) is 8.75. The van der Waals surface area contributed by atoms with Crippen LogP contribution in [0.25, 0.3) is 12.2 Å². The Morgan fingerprint density at radius 3 is 2.44 bits per heavy atom. The van der Waals surface area contributed by atoms with Gasteiger partial charge < -0.3 is 9.47 Å². The van der Waals surface area contributed by atoms with Gasteiger partial charge in [0.05, 0.1) is 22.8 Å². The predicted octanol–water partition coefficient (Wildman–Crippen LogP) is 5.30. The number of nitro benzene ring substituents is 1. The average Bonchev–Trinajstić information content (AvgIpc) is 2.95. The largest absolute Gasteiger partial charge is 0.490 e. The fourth-order valence-electron chi connectivity index (χ4n) is 3.90. The number of esters is 1. The third-order valence-corrected chi connectivity index (χ3v) is 5.82. The van der Waals surface area contributed by atoms with Crippen molar-refractivity contribution in [3.8, 4) is 11.5 Å². The molecule has 0 saturated carbocycles. The third kappa shape index (κ3) is 7.11. The van der Waals surface area contributed by atoms with Gasteiger partial charge in [-0.3, -0.25) is 25.0 Å². The quantitative estimate of drug-likeness (QED) is 0.0923. The van der Waals surface area contributed by atoms with E-state index in [-0.39, 0.29) is 29.4 Å². The number of nitro groups is 1. The molecule has 43 heavy (non-hydrogen) atoms. The molecule has 4 rings (SSSR count). The summed E-state index contributed by atoms with van der Waals surface area (Å²) in [6.07, 6.45) is -1.27. The zero-order chi connectivity index (χ0) is 31.3. The number of nitrogens with one attached hydrogen (secondary N) is 1. The first kappa shape index (κ1) is 30.2. The van der Waals surface area contributed by atoms with Crippen LogP contribution >= 0.6 is 0 Å². The molecule has 3 aromatic carbocycles. The van der Waals surface area contributed by atoms with Gasteiger partial charge in [0.2, 0.25) is 0 Å². The molecule has 0 spiro atoms. The van der Waals surface area contributed by atoms with Gasteiger partial charge in [0, 0.05) is 18.2 Å². The number of ether oxygens (including phenoxy) is 2. The third-order valence-electron chi connectivity index (χ3n) is 5.82. The number of benzene rings is 3. The molecule has 1 fully saturated rings. The van der Waals surface area contributed by atoms with Crippen molar-refractivity contribution in [2.24, 2.45) is 0 Å². The van der Waals surface area contributed by atoms with Gasteiger partial charge in [0.1, 0.15) is 5.57 Å². The second-order valence-electron chi connectivity index (χ2n) is 8.75. The highest BCUT2D eigenvalue weighted by Crippen LogP contribution is 2.33. The lowest BCUT2D eigenvalue weighted by molar-refractivity contribution is -0.384. The molecule has 0 aliphatic carbocycles. The van der Waals surface area contributed by atoms with E-state index in [9.17, 15) is 42.5 Å². The van der Waals surface area contributed by atoms with Crippen LogP contribution in [-0.4, -0.2) is 35.3 Å². The number of urea groups is 1. The lowest BCUT2D eigenvalue weighted by Gasteiger charge is -2.27. The van der Waals surface area contributed by atoms with Crippen molar-refractivity contribution in [1.29, 1.82) is 0 Å². The summed E-state index contributed by atoms with van der Waals surface area (Å²) < 4.78 is 50.4. The molecule has 1 saturated heterocycles. The Hall–Kier alpha value is -5.79. The molecule has 220 valence electrons. The lowest BCUT2D eigenvalue weighted by Crippen LogP contribution is -2.54. The topological polar surface area (TPSA) is 145 Å². The number of hydrogen-bond acceptors (Lipinski definition) is 8. The molecule has 0 unspecified atom stereocenters. The number of rotatable bonds is 8. The summed E-state index contributed by atoms with van der Waals surface area (Å²) in [6.45, 7) is 1.78. The normalized spacial score (nSPS) is 14.7. The molecule has 14 heteroatoms. The molecule has 11 nitrogen and oxygen atoms in total. The fourth-order valence-corrected chi connectivity index (χ4v) is 3.90. The first-order valence-electron chi connectivity index (χ1n) is 12.4. The van der Waals surface area contributed by atoms with Gasteiger partial charge in [-0.25, -0.2) is 14.5 Å². The number of halogens is 3. The van der Waals surface area contributed by atoms with E-state index in [0.29, 0.717) is 16.5 Å². The molecule has 1 N–H and O–H groups in total. The van der Waals surface area contributed by atoms with E-state index in [1.165, 1.54) is 42.5 Å². The number of alkyl halides is 3. The summed E-state index contributed by atoms with van der Waals surface area (Å²) in [5.74, 6) is -3.05. The maximum atomic E-state index is 13.2. The van der Waals surface area contributed by atoms with Crippen molar-refractivity contribution in [2.45, 2.75) is 13.1 Å². The molecule has 0 radical (unpaired) electrons. The summed E-state index contributed by atoms with van der Waals surface area (Å²) in [5.41, 5.74) is -1.63. The molecular formula is C29H20F3N3O8. The van der Waals surface area contributed by atoms with E-state index in [0.717, 1.165) is 30.4 Å². The van der Waals surface area contributed by atoms with Gasteiger partial charge in [-0.2, -0.15) is 13.2 Å². The highest BCUT2D eigenvalue weighted by molar-refractivity contribution is 6.39. The summed E-state index contributed by atoms with van der Waals surface area (Å²) in [6, 6.07) is 11.9. The van der Waals surface area contributed by atoms with Gasteiger partial charge in [-0.1, -0.05) is 24.3 Å². The molecule has 0 bridgehead atoms. The number of non-ortho nitro benzene ring substituents is 1. The van der Waals surface area contributed by atoms with Crippen LogP contribution in [0.5, 0.6) is 11.5 Å². The number of nitrogens with zero attached hydrogens (tertiary/aromatic N) is 2. The van der Waals surface area contributed by atoms with Crippen LogP contribution < -0.4 is 19.7 Å². The van der Waals surface area contributed by atoms with Crippen LogP contribution in [0, 0.1) is 10.1 Å². The van der Waals surface area contributed by atoms with E-state index in [1.807, 2.05) is 5.32 Å². The number of barbiturate groups is 1. The maximum Gasteiger partial charge on any atom is 0.416 e. The molecule has 0 aromatic heterocycles. The van der Waals surface area contributed by atoms with Crippen LogP contribution in [0.1, 0.15) is 23.6 Å². The predicted molar refractivity (Wildman–Crippen MR) is 146 cm³/mol. The summed E-state index contributed by atoms with van der Waals surface area (Å²) in [5, 5.41) is 12.9. The minimum absolute atomic E-state index is 0.0297. The van der Waals surface area contributed by atoms with Crippen molar-refractivity contribution in [2.75, 3.05) is 11.5 Å². The Bertz CT molecular complexity index is 1700. The van der Waals surface area contributed by atoms with Crippen molar-refractivity contribution < 1.29 is 46.7 Å². The minimum Gasteiger partial charge on any atom is -0.490 e. The summed E-state index contributed by atoms with van der Waals surface area (Å²) in [7, 11) is 0. The zero-order valence-corrected chi connectivity index (χ0v) is 22.1. The molecule has 1 aliphatic heterocycles. The van der Waals surface area contributed by atoms with Crippen molar-refractivity contribution in [3.05, 3.63) is 105 Å². The zero-order valence-electron chi connectivity index (χ0n) is 22.1. The van der Waals surface area contributed by atoms with E-state index in [1.54, 1.807) is 13.0 Å². The molecule has 1 heterocycles. The Morgan fingerprint density at radius 2 is 1.74 bits per heavy atom. The Labute approximate surface area is 241 Å². The SMILES string of the molecule is CCOc1cc(/C=C2\C(=O)NC(=O)N(c3cccc(C(F)(F)F)c3)C2=O)ccc1OC(=O)/C=C/c1cccc([N+](=O)[O-])c1. The Morgan fingerprint density at radius 1 is 1.00 bits per heavy atom. The van der Waals surface area contributed by atoms with Crippen molar-refractivity contribution >= 4 is 47.3 Å². The number of carbonyl (C=O) groups is 4. The molecule has 1 aliphatic rings. The first-order valence-corrected chi connectivity index (χ1v) is 12.4. The van der Waals surface area contributed by atoms with E-state index in [2.05, 4.69) is 0 Å². The smallest absolute Gasteiger partial charge is 0.416 e. The number of hydrogen-bond donors (Lipinski definition) is 1. The molecule has 4 amide bonds. The summed E-state index contributed by atoms with van der Waals surface area (Å²) >= 11 is 0. The number of amides is 4. The second kappa shape index (κ2) is 12.4. The van der Waals surface area contributed by atoms with Gasteiger partial charge in [0.25, 0.3) is 17.5 Å². The highest BCUT2D eigenvalue weighted by Gasteiger charge is 2.38. The van der Waals surface area contributed by atoms with E-state index in [4.69, 9.17) is 9.47 Å². The molecular weight excluding hydrogens is 575 g/mol. The lowest BCUT2D eigenvalue weighted by atomic mass is 10.1. The van der Waals surface area contributed by atoms with E-state index < -0.39 is 51.7 Å². The Kier molecular flexibility index (Phi) is 8.69. The Balaban J connectivity index is 1.58. The van der Waals surface area contributed by atoms with Crippen LogP contribution in [0.2, 0.25) is 0 Å². The maximum absolute atomic E-state index is 13.2. The van der Waals surface area contributed by atoms with Crippen LogP contribution in [0.3, 0.4) is 0 Å². The number of imide groups is 2. The first-order chi connectivity index (χ1) is 20.4. The van der Waals surface area contributed by atoms with Gasteiger partial charge in [-0.15, -0.1) is 0 Å². The van der Waals surface area contributed by atoms with Crippen LogP contribution in [-0.2, 0) is 20.6 Å². The van der Waals surface area contributed by atoms with Crippen molar-refractivity contribution in [1.82, 2.24) is 5.32 Å². The van der Waals surface area contributed by atoms with E-state index >= 15 is 0 Å². The number of carbonyl (C=O) groups excluding carboxylic acids is 4. The van der Waals surface area contributed by atoms with Gasteiger partial charge in [-0.05, 0) is 60.5 Å². The minimum atomic E-state index is -4.74. The number of anilines is 1.